The number of hydrogen-bond acceptors (Lipinski definition) is 6. The number of pyridine rings is 2. The Labute approximate surface area is 153 Å². The van der Waals surface area contributed by atoms with Crippen LogP contribution < -0.4 is 10.6 Å². The third-order valence-corrected chi connectivity index (χ3v) is 3.49. The van der Waals surface area contributed by atoms with Crippen LogP contribution in [-0.2, 0) is 0 Å². The second-order valence-electron chi connectivity index (χ2n) is 5.42. The molecule has 0 spiro atoms. The zero-order valence-corrected chi connectivity index (χ0v) is 13.8. The van der Waals surface area contributed by atoms with Crippen LogP contribution in [0.2, 0.25) is 0 Å². The lowest BCUT2D eigenvalue weighted by molar-refractivity contribution is -0.384. The van der Waals surface area contributed by atoms with Gasteiger partial charge in [0.1, 0.15) is 0 Å². The number of nitrogens with zero attached hydrogens (tertiary/aromatic N) is 3. The number of anilines is 2. The Balaban J connectivity index is 1.89. The van der Waals surface area contributed by atoms with Crippen LogP contribution in [0.25, 0.3) is 0 Å². The quantitative estimate of drug-likeness (QED) is 0.530. The summed E-state index contributed by atoms with van der Waals surface area (Å²) in [7, 11) is 0. The summed E-state index contributed by atoms with van der Waals surface area (Å²) in [5.41, 5.74) is 0.435. The van der Waals surface area contributed by atoms with E-state index in [9.17, 15) is 19.7 Å². The van der Waals surface area contributed by atoms with Crippen molar-refractivity contribution in [3.63, 3.8) is 0 Å². The van der Waals surface area contributed by atoms with Gasteiger partial charge in [-0.25, -0.2) is 0 Å². The van der Waals surface area contributed by atoms with E-state index in [0.29, 0.717) is 11.4 Å². The highest BCUT2D eigenvalue weighted by molar-refractivity contribution is 6.09. The lowest BCUT2D eigenvalue weighted by Crippen LogP contribution is -2.16. The maximum atomic E-state index is 12.4. The number of amides is 2. The fourth-order valence-corrected chi connectivity index (χ4v) is 2.26. The standard InChI is InChI=1S/C18H13N5O4/c24-17(21-14-3-1-5-19-10-14)12-7-13(9-16(8-12)23(26)27)18(25)22-15-4-2-6-20-11-15/h1-11H,(H,21,24)(H,22,25). The minimum absolute atomic E-state index is 0.0237. The molecule has 3 aromatic rings. The van der Waals surface area contributed by atoms with Gasteiger partial charge in [-0.05, 0) is 30.3 Å². The van der Waals surface area contributed by atoms with E-state index < -0.39 is 16.7 Å². The van der Waals surface area contributed by atoms with E-state index in [1.54, 1.807) is 36.7 Å². The Morgan fingerprint density at radius 2 is 1.33 bits per heavy atom. The third-order valence-electron chi connectivity index (χ3n) is 3.49. The average molecular weight is 363 g/mol. The predicted molar refractivity (Wildman–Crippen MR) is 97.5 cm³/mol. The van der Waals surface area contributed by atoms with Gasteiger partial charge >= 0.3 is 0 Å². The second kappa shape index (κ2) is 7.83. The molecule has 9 heteroatoms. The first kappa shape index (κ1) is 17.7. The number of nitro benzene ring substituents is 1. The molecule has 2 N–H and O–H groups in total. The van der Waals surface area contributed by atoms with Crippen LogP contribution in [0.5, 0.6) is 0 Å². The number of rotatable bonds is 5. The molecule has 1 aromatic carbocycles. The molecule has 2 heterocycles. The molecule has 134 valence electrons. The van der Waals surface area contributed by atoms with Gasteiger partial charge in [-0.2, -0.15) is 0 Å². The summed E-state index contributed by atoms with van der Waals surface area (Å²) in [6.45, 7) is 0. The van der Waals surface area contributed by atoms with Crippen molar-refractivity contribution in [2.75, 3.05) is 10.6 Å². The minimum Gasteiger partial charge on any atom is -0.321 e. The van der Waals surface area contributed by atoms with Gasteiger partial charge in [0.2, 0.25) is 0 Å². The Hall–Kier alpha value is -4.14. The number of aromatic nitrogens is 2. The number of carbonyl (C=O) groups excluding carboxylic acids is 2. The molecular formula is C18H13N5O4. The monoisotopic (exact) mass is 363 g/mol. The molecule has 0 saturated carbocycles. The fourth-order valence-electron chi connectivity index (χ4n) is 2.26. The highest BCUT2D eigenvalue weighted by Gasteiger charge is 2.18. The normalized spacial score (nSPS) is 10.1. The van der Waals surface area contributed by atoms with Crippen LogP contribution in [0.1, 0.15) is 20.7 Å². The van der Waals surface area contributed by atoms with Crippen molar-refractivity contribution < 1.29 is 14.5 Å². The topological polar surface area (TPSA) is 127 Å². The van der Waals surface area contributed by atoms with E-state index in [1.807, 2.05) is 0 Å². The number of nitrogens with one attached hydrogen (secondary N) is 2. The van der Waals surface area contributed by atoms with Gasteiger partial charge in [0.25, 0.3) is 17.5 Å². The number of non-ortho nitro benzene ring substituents is 1. The van der Waals surface area contributed by atoms with Crippen LogP contribution in [0.4, 0.5) is 17.1 Å². The summed E-state index contributed by atoms with van der Waals surface area (Å²) in [4.78, 5) is 43.1. The third kappa shape index (κ3) is 4.48. The van der Waals surface area contributed by atoms with Crippen molar-refractivity contribution in [3.8, 4) is 0 Å². The Morgan fingerprint density at radius 3 is 1.70 bits per heavy atom. The fraction of sp³-hybridized carbons (Fsp3) is 0. The molecule has 0 fully saturated rings. The van der Waals surface area contributed by atoms with E-state index in [2.05, 4.69) is 20.6 Å². The lowest BCUT2D eigenvalue weighted by atomic mass is 10.1. The number of benzene rings is 1. The first-order valence-corrected chi connectivity index (χ1v) is 7.75. The smallest absolute Gasteiger partial charge is 0.271 e. The summed E-state index contributed by atoms with van der Waals surface area (Å²) < 4.78 is 0. The maximum Gasteiger partial charge on any atom is 0.271 e. The zero-order chi connectivity index (χ0) is 19.2. The Bertz CT molecular complexity index is 921. The van der Waals surface area contributed by atoms with Gasteiger partial charge in [0.05, 0.1) is 28.7 Å². The molecule has 9 nitrogen and oxygen atoms in total. The molecule has 27 heavy (non-hydrogen) atoms. The van der Waals surface area contributed by atoms with Gasteiger partial charge in [-0.3, -0.25) is 29.7 Å². The molecule has 2 aromatic heterocycles. The highest BCUT2D eigenvalue weighted by atomic mass is 16.6. The zero-order valence-electron chi connectivity index (χ0n) is 13.8. The van der Waals surface area contributed by atoms with E-state index >= 15 is 0 Å². The summed E-state index contributed by atoms with van der Waals surface area (Å²) >= 11 is 0. The maximum absolute atomic E-state index is 12.4. The van der Waals surface area contributed by atoms with Crippen molar-refractivity contribution in [3.05, 3.63) is 88.5 Å². The van der Waals surface area contributed by atoms with Crippen LogP contribution in [0, 0.1) is 10.1 Å². The largest absolute Gasteiger partial charge is 0.321 e. The molecule has 0 saturated heterocycles. The molecule has 0 aliphatic rings. The molecular weight excluding hydrogens is 350 g/mol. The highest BCUT2D eigenvalue weighted by Crippen LogP contribution is 2.20. The van der Waals surface area contributed by atoms with E-state index in [-0.39, 0.29) is 16.8 Å². The predicted octanol–water partition coefficient (Wildman–Crippen LogP) is 2.89. The number of nitro groups is 1. The Morgan fingerprint density at radius 1 is 0.852 bits per heavy atom. The Kier molecular flexibility index (Phi) is 5.12. The molecule has 0 bridgehead atoms. The molecule has 0 atom stereocenters. The summed E-state index contributed by atoms with van der Waals surface area (Å²) in [6.07, 6.45) is 5.96. The van der Waals surface area contributed by atoms with Gasteiger partial charge < -0.3 is 10.6 Å². The molecule has 0 aliphatic carbocycles. The van der Waals surface area contributed by atoms with Crippen molar-refractivity contribution >= 4 is 28.9 Å². The molecule has 2 amide bonds. The second-order valence-corrected chi connectivity index (χ2v) is 5.42. The van der Waals surface area contributed by atoms with Crippen LogP contribution in [-0.4, -0.2) is 26.7 Å². The SMILES string of the molecule is O=C(Nc1cccnc1)c1cc(C(=O)Nc2cccnc2)cc([N+](=O)[O-])c1. The lowest BCUT2D eigenvalue weighted by Gasteiger charge is -2.08. The summed E-state index contributed by atoms with van der Waals surface area (Å²) in [5, 5.41) is 16.3. The summed E-state index contributed by atoms with van der Waals surface area (Å²) in [6, 6.07) is 10.0. The van der Waals surface area contributed by atoms with Gasteiger partial charge in [0, 0.05) is 35.7 Å². The van der Waals surface area contributed by atoms with Crippen molar-refractivity contribution in [1.29, 1.82) is 0 Å². The van der Waals surface area contributed by atoms with Crippen LogP contribution >= 0.6 is 0 Å². The van der Waals surface area contributed by atoms with Gasteiger partial charge in [-0.1, -0.05) is 0 Å². The minimum atomic E-state index is -0.665. The first-order chi connectivity index (χ1) is 13.0. The van der Waals surface area contributed by atoms with Crippen LogP contribution in [0.15, 0.2) is 67.3 Å². The van der Waals surface area contributed by atoms with Crippen LogP contribution in [0.3, 0.4) is 0 Å². The van der Waals surface area contributed by atoms with Gasteiger partial charge in [-0.15, -0.1) is 0 Å². The molecule has 0 unspecified atom stereocenters. The van der Waals surface area contributed by atoms with Gasteiger partial charge in [0.15, 0.2) is 0 Å². The van der Waals surface area contributed by atoms with Crippen molar-refractivity contribution in [1.82, 2.24) is 9.97 Å². The molecule has 3 rings (SSSR count). The van der Waals surface area contributed by atoms with E-state index in [0.717, 1.165) is 12.1 Å². The number of carbonyl (C=O) groups is 2. The van der Waals surface area contributed by atoms with E-state index in [4.69, 9.17) is 0 Å². The first-order valence-electron chi connectivity index (χ1n) is 7.75. The van der Waals surface area contributed by atoms with E-state index in [1.165, 1.54) is 18.5 Å². The van der Waals surface area contributed by atoms with Crippen molar-refractivity contribution in [2.24, 2.45) is 0 Å². The average Bonchev–Trinajstić information content (AvgIpc) is 2.69. The molecule has 0 aliphatic heterocycles. The molecule has 0 radical (unpaired) electrons. The van der Waals surface area contributed by atoms with Crippen molar-refractivity contribution in [2.45, 2.75) is 0 Å². The summed E-state index contributed by atoms with van der Waals surface area (Å²) in [5.74, 6) is -1.19. The number of hydrogen-bond donors (Lipinski definition) is 2.